The SMILES string of the molecule is CCCCCCCCCCCC[C@H](OC(=O)[C@@](OC)(c1ccccc1)C(F)(F)F)[C@H]1CC[C@H]([C@@H](CC[C@@H](CCCCCCCCC[C@H](CC2=C[C@H](C)OC2=O)OC(=O)[C@@](OC)(c2ccccc2)C(F)(F)F)OC(=O)[C@@](OC)(c2ccccc2)C(F)(F)F)OC(=O)[C@@](OC)(c2ccccc2)C(F)(F)F)O1. The third-order valence-corrected chi connectivity index (χ3v) is 19.3. The number of alkyl halides is 12. The van der Waals surface area contributed by atoms with E-state index in [1.54, 1.807) is 6.92 Å². The van der Waals surface area contributed by atoms with E-state index in [1.807, 2.05) is 0 Å². The van der Waals surface area contributed by atoms with Crippen LogP contribution < -0.4 is 0 Å². The van der Waals surface area contributed by atoms with Crippen LogP contribution in [0.3, 0.4) is 0 Å². The van der Waals surface area contributed by atoms with Crippen molar-refractivity contribution in [1.29, 1.82) is 0 Å². The molecule has 0 unspecified atom stereocenters. The number of methoxy groups -OCH3 is 4. The van der Waals surface area contributed by atoms with Crippen molar-refractivity contribution < 1.29 is 124 Å². The van der Waals surface area contributed by atoms with Gasteiger partial charge in [0, 0.05) is 62.7 Å². The molecule has 0 radical (unpaired) electrons. The van der Waals surface area contributed by atoms with Crippen molar-refractivity contribution in [3.8, 4) is 0 Å². The van der Waals surface area contributed by atoms with Crippen LogP contribution in [0.2, 0.25) is 0 Å². The highest BCUT2D eigenvalue weighted by Gasteiger charge is 2.68. The van der Waals surface area contributed by atoms with E-state index >= 15 is 39.5 Å². The lowest BCUT2D eigenvalue weighted by Crippen LogP contribution is -2.54. The maximum absolute atomic E-state index is 15.6. The Morgan fingerprint density at radius 1 is 0.394 bits per heavy atom. The van der Waals surface area contributed by atoms with Gasteiger partial charge in [-0.25, -0.2) is 24.0 Å². The van der Waals surface area contributed by atoms with Crippen LogP contribution in [0.5, 0.6) is 0 Å². The molecule has 0 aromatic heterocycles. The Hall–Kier alpha value is -7.07. The Morgan fingerprint density at radius 2 is 0.683 bits per heavy atom. The molecule has 0 spiro atoms. The molecule has 2 aliphatic heterocycles. The van der Waals surface area contributed by atoms with E-state index in [-0.39, 0.29) is 56.9 Å². The number of cyclic esters (lactones) is 1. The number of carbonyl (C=O) groups is 5. The summed E-state index contributed by atoms with van der Waals surface area (Å²) in [6.45, 7) is 3.69. The lowest BCUT2D eigenvalue weighted by molar-refractivity contribution is -0.282. The van der Waals surface area contributed by atoms with Crippen molar-refractivity contribution in [3.63, 3.8) is 0 Å². The van der Waals surface area contributed by atoms with Gasteiger partial charge < -0.3 is 47.4 Å². The number of halogens is 12. The molecule has 2 heterocycles. The van der Waals surface area contributed by atoms with Crippen LogP contribution in [0.15, 0.2) is 133 Å². The molecule has 4 aromatic rings. The Morgan fingerprint density at radius 3 is 0.990 bits per heavy atom. The van der Waals surface area contributed by atoms with E-state index in [0.29, 0.717) is 66.3 Å². The second kappa shape index (κ2) is 39.5. The molecule has 1 saturated heterocycles. The van der Waals surface area contributed by atoms with Crippen molar-refractivity contribution >= 4 is 29.8 Å². The van der Waals surface area contributed by atoms with Gasteiger partial charge in [0.1, 0.15) is 30.5 Å². The van der Waals surface area contributed by atoms with E-state index < -0.39 is 155 Å². The minimum Gasteiger partial charge on any atom is -0.460 e. The fourth-order valence-electron chi connectivity index (χ4n) is 13.6. The fourth-order valence-corrected chi connectivity index (χ4v) is 13.6. The van der Waals surface area contributed by atoms with Gasteiger partial charge in [-0.3, -0.25) is 0 Å². The third-order valence-electron chi connectivity index (χ3n) is 19.3. The maximum atomic E-state index is 15.6. The minimum atomic E-state index is -5.53. The molecular formula is C77H96F12O15. The highest BCUT2D eigenvalue weighted by atomic mass is 19.4. The standard InChI is InChI=1S/C77H96F12O15/c1-7-8-9-10-11-12-13-17-20-35-46-61(103-68(93)72(97-5,76(84,85)86)57-40-29-23-30-41-57)62-49-50-63(102-62)64(104-69(94)73(98-6,77(87,88)89)58-42-31-24-32-43-58)48-47-59(100-66(91)70(95-3,74(78,79)80)55-36-25-21-26-37-55)44-33-18-15-14-16-19-34-45-60(52-54-51-53(2)99-65(54)90)101-67(92)71(96-4,75(81,82)83)56-38-27-22-28-39-56/h21-32,36-43,51,53,59-64H,7-20,33-35,44-50,52H2,1-6H3/t53-,59+,60+,61-,62+,63+,64+,70-,71-,72-,73-/m0/s1. The van der Waals surface area contributed by atoms with Crippen molar-refractivity contribution in [3.05, 3.63) is 155 Å². The number of hydrogen-bond acceptors (Lipinski definition) is 15. The van der Waals surface area contributed by atoms with Gasteiger partial charge in [-0.1, -0.05) is 218 Å². The Bertz CT molecular complexity index is 3300. The normalized spacial score (nSPS) is 19.4. The molecule has 1 fully saturated rings. The summed E-state index contributed by atoms with van der Waals surface area (Å²) < 4.78 is 239. The molecular weight excluding hydrogens is 1390 g/mol. The van der Waals surface area contributed by atoms with Crippen LogP contribution in [0, 0.1) is 0 Å². The van der Waals surface area contributed by atoms with Crippen LogP contribution >= 0.6 is 0 Å². The zero-order valence-corrected chi connectivity index (χ0v) is 59.5. The summed E-state index contributed by atoms with van der Waals surface area (Å²) >= 11 is 0. The number of ether oxygens (including phenoxy) is 10. The first-order valence-corrected chi connectivity index (χ1v) is 35.5. The summed E-state index contributed by atoms with van der Waals surface area (Å²) in [6, 6.07) is 23.8. The predicted octanol–water partition coefficient (Wildman–Crippen LogP) is 18.5. The van der Waals surface area contributed by atoms with Gasteiger partial charge in [0.25, 0.3) is 22.4 Å². The van der Waals surface area contributed by atoms with E-state index in [0.717, 1.165) is 107 Å². The average molecular weight is 1490 g/mol. The minimum absolute atomic E-state index is 0.00500. The highest BCUT2D eigenvalue weighted by Crippen LogP contribution is 2.49. The summed E-state index contributed by atoms with van der Waals surface area (Å²) in [7, 11) is 2.70. The molecule has 15 nitrogen and oxygen atoms in total. The van der Waals surface area contributed by atoms with Crippen molar-refractivity contribution in [2.24, 2.45) is 0 Å². The van der Waals surface area contributed by atoms with Crippen molar-refractivity contribution in [2.75, 3.05) is 28.4 Å². The molecule has 11 atom stereocenters. The molecule has 4 aromatic carbocycles. The molecule has 578 valence electrons. The first kappa shape index (κ1) is 85.9. The molecule has 2 aliphatic rings. The lowest BCUT2D eigenvalue weighted by atomic mass is 9.92. The van der Waals surface area contributed by atoms with Gasteiger partial charge in [0.05, 0.1) is 12.2 Å². The largest absolute Gasteiger partial charge is 0.460 e. The van der Waals surface area contributed by atoms with Gasteiger partial charge in [-0.2, -0.15) is 52.7 Å². The molecule has 0 aliphatic carbocycles. The maximum Gasteiger partial charge on any atom is 0.432 e. The average Bonchev–Trinajstić information content (AvgIpc) is 0.805. The van der Waals surface area contributed by atoms with Crippen LogP contribution in [0.4, 0.5) is 52.7 Å². The molecule has 0 saturated carbocycles. The van der Waals surface area contributed by atoms with E-state index in [1.165, 1.54) is 78.9 Å². The van der Waals surface area contributed by atoms with Crippen LogP contribution in [0.1, 0.15) is 197 Å². The molecule has 0 amide bonds. The number of hydrogen-bond donors (Lipinski definition) is 0. The summed E-state index contributed by atoms with van der Waals surface area (Å²) in [6.07, 6.45) is -20.3. The first-order valence-electron chi connectivity index (χ1n) is 35.5. The quantitative estimate of drug-likeness (QED) is 0.0177. The lowest BCUT2D eigenvalue weighted by Gasteiger charge is -2.36. The van der Waals surface area contributed by atoms with Crippen LogP contribution in [0.25, 0.3) is 0 Å². The molecule has 0 N–H and O–H groups in total. The number of benzene rings is 4. The van der Waals surface area contributed by atoms with Gasteiger partial charge in [-0.15, -0.1) is 0 Å². The van der Waals surface area contributed by atoms with Gasteiger partial charge in [0.2, 0.25) is 0 Å². The van der Waals surface area contributed by atoms with E-state index in [9.17, 15) is 37.1 Å². The third kappa shape index (κ3) is 21.2. The predicted molar refractivity (Wildman–Crippen MR) is 358 cm³/mol. The molecule has 104 heavy (non-hydrogen) atoms. The van der Waals surface area contributed by atoms with Gasteiger partial charge in [-0.05, 0) is 77.2 Å². The highest BCUT2D eigenvalue weighted by molar-refractivity contribution is 5.91. The molecule has 27 heteroatoms. The fraction of sp³-hybridized carbons (Fsp3) is 0.597. The number of carbonyl (C=O) groups excluding carboxylic acids is 5. The second-order valence-corrected chi connectivity index (χ2v) is 26.3. The monoisotopic (exact) mass is 1490 g/mol. The van der Waals surface area contributed by atoms with Crippen molar-refractivity contribution in [1.82, 2.24) is 0 Å². The van der Waals surface area contributed by atoms with Gasteiger partial charge >= 0.3 is 54.6 Å². The topological polar surface area (TPSA) is 178 Å². The van der Waals surface area contributed by atoms with E-state index in [4.69, 9.17) is 47.4 Å². The van der Waals surface area contributed by atoms with Crippen LogP contribution in [-0.2, 0) is 93.7 Å². The first-order chi connectivity index (χ1) is 49.4. The van der Waals surface area contributed by atoms with Crippen LogP contribution in [-0.4, -0.2) is 126 Å². The Labute approximate surface area is 599 Å². The van der Waals surface area contributed by atoms with E-state index in [2.05, 4.69) is 6.92 Å². The molecule has 0 bridgehead atoms. The Kier molecular flexibility index (Phi) is 32.6. The second-order valence-electron chi connectivity index (χ2n) is 26.3. The zero-order valence-electron chi connectivity index (χ0n) is 59.5. The summed E-state index contributed by atoms with van der Waals surface area (Å²) in [5.74, 6) is -8.24. The zero-order chi connectivity index (χ0) is 76.4. The summed E-state index contributed by atoms with van der Waals surface area (Å²) in [4.78, 5) is 69.8. The van der Waals surface area contributed by atoms with Crippen molar-refractivity contribution in [2.45, 2.75) is 264 Å². The smallest absolute Gasteiger partial charge is 0.432 e. The number of rotatable bonds is 44. The Balaban J connectivity index is 1.27. The molecule has 6 rings (SSSR count). The number of unbranched alkanes of at least 4 members (excludes halogenated alkanes) is 15. The summed E-state index contributed by atoms with van der Waals surface area (Å²) in [5.41, 5.74) is -17.1. The summed E-state index contributed by atoms with van der Waals surface area (Å²) in [5, 5.41) is 0. The van der Waals surface area contributed by atoms with Gasteiger partial charge in [0.15, 0.2) is 0 Å². The number of esters is 5.